The zero-order chi connectivity index (χ0) is 15.5. The van der Waals surface area contributed by atoms with Gasteiger partial charge in [-0.1, -0.05) is 18.2 Å². The molecule has 0 bridgehead atoms. The van der Waals surface area contributed by atoms with Crippen molar-refractivity contribution in [1.82, 2.24) is 0 Å². The topological polar surface area (TPSA) is 9.23 Å². The molecule has 0 aliphatic heterocycles. The number of hydrogen-bond donors (Lipinski definition) is 0. The number of rotatable bonds is 4. The first-order valence-electron chi connectivity index (χ1n) is 6.03. The van der Waals surface area contributed by atoms with E-state index >= 15 is 0 Å². The Hall–Kier alpha value is -1.75. The maximum atomic E-state index is 13.6. The van der Waals surface area contributed by atoms with Crippen LogP contribution in [0.5, 0.6) is 5.75 Å². The van der Waals surface area contributed by atoms with Crippen molar-refractivity contribution < 1.29 is 22.3 Å². The van der Waals surface area contributed by atoms with Crippen LogP contribution in [-0.4, -0.2) is 0 Å². The Kier molecular flexibility index (Phi) is 4.73. The van der Waals surface area contributed by atoms with E-state index in [0.29, 0.717) is 11.1 Å². The standard InChI is InChI=1S/C15H11ClF4O/c16-8-11-3-6-14(13(17)7-11)21-9-10-1-4-12(5-2-10)15(18,19)20/h1-7H,8-9H2. The lowest BCUT2D eigenvalue weighted by Crippen LogP contribution is -2.05. The molecule has 2 aromatic carbocycles. The molecule has 2 aromatic rings. The maximum absolute atomic E-state index is 13.6. The molecule has 0 atom stereocenters. The van der Waals surface area contributed by atoms with Crippen molar-refractivity contribution in [1.29, 1.82) is 0 Å². The molecule has 0 aliphatic carbocycles. The number of benzene rings is 2. The molecule has 112 valence electrons. The first kappa shape index (κ1) is 15.6. The summed E-state index contributed by atoms with van der Waals surface area (Å²) in [7, 11) is 0. The molecule has 0 aromatic heterocycles. The van der Waals surface area contributed by atoms with Gasteiger partial charge in [-0.15, -0.1) is 11.6 Å². The molecule has 6 heteroatoms. The molecule has 0 heterocycles. The van der Waals surface area contributed by atoms with Crippen molar-refractivity contribution >= 4 is 11.6 Å². The fourth-order valence-corrected chi connectivity index (χ4v) is 1.86. The predicted octanol–water partition coefficient (Wildman–Crippen LogP) is 5.16. The molecule has 0 N–H and O–H groups in total. The summed E-state index contributed by atoms with van der Waals surface area (Å²) in [5.41, 5.74) is 0.406. The van der Waals surface area contributed by atoms with E-state index in [-0.39, 0.29) is 18.2 Å². The van der Waals surface area contributed by atoms with Crippen LogP contribution in [0.25, 0.3) is 0 Å². The molecule has 0 aliphatic rings. The van der Waals surface area contributed by atoms with Gasteiger partial charge in [0, 0.05) is 5.88 Å². The minimum Gasteiger partial charge on any atom is -0.486 e. The Bertz CT molecular complexity index is 608. The van der Waals surface area contributed by atoms with Gasteiger partial charge in [-0.25, -0.2) is 4.39 Å². The summed E-state index contributed by atoms with van der Waals surface area (Å²) < 4.78 is 56.1. The van der Waals surface area contributed by atoms with Crippen molar-refractivity contribution in [2.75, 3.05) is 0 Å². The second-order valence-electron chi connectivity index (χ2n) is 4.38. The van der Waals surface area contributed by atoms with Gasteiger partial charge in [-0.3, -0.25) is 0 Å². The van der Waals surface area contributed by atoms with E-state index in [2.05, 4.69) is 0 Å². The van der Waals surface area contributed by atoms with E-state index in [4.69, 9.17) is 16.3 Å². The Morgan fingerprint density at radius 1 is 0.952 bits per heavy atom. The number of ether oxygens (including phenoxy) is 1. The van der Waals surface area contributed by atoms with Crippen LogP contribution in [0, 0.1) is 5.82 Å². The van der Waals surface area contributed by atoms with E-state index in [0.717, 1.165) is 12.1 Å². The minimum atomic E-state index is -4.37. The molecule has 0 radical (unpaired) electrons. The molecule has 21 heavy (non-hydrogen) atoms. The smallest absolute Gasteiger partial charge is 0.416 e. The van der Waals surface area contributed by atoms with E-state index < -0.39 is 17.6 Å². The van der Waals surface area contributed by atoms with E-state index in [1.807, 2.05) is 0 Å². The summed E-state index contributed by atoms with van der Waals surface area (Å²) in [4.78, 5) is 0. The second kappa shape index (κ2) is 6.35. The van der Waals surface area contributed by atoms with Crippen LogP contribution < -0.4 is 4.74 Å². The zero-order valence-corrected chi connectivity index (χ0v) is 11.5. The van der Waals surface area contributed by atoms with Gasteiger partial charge in [0.2, 0.25) is 0 Å². The van der Waals surface area contributed by atoms with Gasteiger partial charge >= 0.3 is 6.18 Å². The van der Waals surface area contributed by atoms with E-state index in [1.165, 1.54) is 24.3 Å². The van der Waals surface area contributed by atoms with Gasteiger partial charge in [-0.05, 0) is 35.4 Å². The molecule has 1 nitrogen and oxygen atoms in total. The molecular weight excluding hydrogens is 308 g/mol. The number of alkyl halides is 4. The van der Waals surface area contributed by atoms with E-state index in [9.17, 15) is 17.6 Å². The molecular formula is C15H11ClF4O. The van der Waals surface area contributed by atoms with Crippen LogP contribution in [-0.2, 0) is 18.7 Å². The highest BCUT2D eigenvalue weighted by molar-refractivity contribution is 6.17. The fraction of sp³-hybridized carbons (Fsp3) is 0.200. The Balaban J connectivity index is 2.03. The van der Waals surface area contributed by atoms with Crippen LogP contribution in [0.2, 0.25) is 0 Å². The Morgan fingerprint density at radius 2 is 1.57 bits per heavy atom. The molecule has 0 saturated carbocycles. The van der Waals surface area contributed by atoms with Crippen molar-refractivity contribution in [3.8, 4) is 5.75 Å². The number of halogens is 5. The highest BCUT2D eigenvalue weighted by Gasteiger charge is 2.29. The van der Waals surface area contributed by atoms with Gasteiger partial charge in [0.05, 0.1) is 5.56 Å². The van der Waals surface area contributed by atoms with Gasteiger partial charge in [-0.2, -0.15) is 13.2 Å². The summed E-state index contributed by atoms with van der Waals surface area (Å²) in [5, 5.41) is 0. The number of hydrogen-bond acceptors (Lipinski definition) is 1. The largest absolute Gasteiger partial charge is 0.486 e. The van der Waals surface area contributed by atoms with Gasteiger partial charge < -0.3 is 4.74 Å². The van der Waals surface area contributed by atoms with Gasteiger partial charge in [0.25, 0.3) is 0 Å². The lowest BCUT2D eigenvalue weighted by Gasteiger charge is -2.10. The third-order valence-electron chi connectivity index (χ3n) is 2.83. The van der Waals surface area contributed by atoms with Crippen LogP contribution in [0.3, 0.4) is 0 Å². The van der Waals surface area contributed by atoms with Crippen LogP contribution in [0.1, 0.15) is 16.7 Å². The summed E-state index contributed by atoms with van der Waals surface area (Å²) in [5.74, 6) is -0.334. The lowest BCUT2D eigenvalue weighted by molar-refractivity contribution is -0.137. The summed E-state index contributed by atoms with van der Waals surface area (Å²) in [6.07, 6.45) is -4.37. The second-order valence-corrected chi connectivity index (χ2v) is 4.65. The van der Waals surface area contributed by atoms with Gasteiger partial charge in [0.15, 0.2) is 11.6 Å². The lowest BCUT2D eigenvalue weighted by atomic mass is 10.1. The fourth-order valence-electron chi connectivity index (χ4n) is 1.70. The highest BCUT2D eigenvalue weighted by Crippen LogP contribution is 2.29. The van der Waals surface area contributed by atoms with Crippen molar-refractivity contribution in [2.24, 2.45) is 0 Å². The van der Waals surface area contributed by atoms with Crippen molar-refractivity contribution in [2.45, 2.75) is 18.7 Å². The average molecular weight is 319 g/mol. The molecule has 0 fully saturated rings. The Labute approximate surface area is 124 Å². The summed E-state index contributed by atoms with van der Waals surface area (Å²) in [6, 6.07) is 8.85. The first-order valence-corrected chi connectivity index (χ1v) is 6.57. The first-order chi connectivity index (χ1) is 9.90. The molecule has 0 saturated heterocycles. The predicted molar refractivity (Wildman–Crippen MR) is 71.7 cm³/mol. The van der Waals surface area contributed by atoms with E-state index in [1.54, 1.807) is 6.07 Å². The Morgan fingerprint density at radius 3 is 2.10 bits per heavy atom. The van der Waals surface area contributed by atoms with Crippen LogP contribution in [0.15, 0.2) is 42.5 Å². The normalized spacial score (nSPS) is 11.5. The zero-order valence-electron chi connectivity index (χ0n) is 10.8. The SMILES string of the molecule is Fc1cc(CCl)ccc1OCc1ccc(C(F)(F)F)cc1. The molecule has 2 rings (SSSR count). The van der Waals surface area contributed by atoms with Gasteiger partial charge in [0.1, 0.15) is 6.61 Å². The van der Waals surface area contributed by atoms with Crippen LogP contribution >= 0.6 is 11.6 Å². The molecule has 0 unspecified atom stereocenters. The monoisotopic (exact) mass is 318 g/mol. The van der Waals surface area contributed by atoms with Crippen LogP contribution in [0.4, 0.5) is 17.6 Å². The van der Waals surface area contributed by atoms with Crippen molar-refractivity contribution in [3.63, 3.8) is 0 Å². The minimum absolute atomic E-state index is 0.0186. The summed E-state index contributed by atoms with van der Waals surface area (Å²) >= 11 is 5.58. The average Bonchev–Trinajstić information content (AvgIpc) is 2.45. The quantitative estimate of drug-likeness (QED) is 0.558. The highest BCUT2D eigenvalue weighted by atomic mass is 35.5. The molecule has 0 spiro atoms. The maximum Gasteiger partial charge on any atom is 0.416 e. The van der Waals surface area contributed by atoms with Crippen molar-refractivity contribution in [3.05, 3.63) is 65.0 Å². The summed E-state index contributed by atoms with van der Waals surface area (Å²) in [6.45, 7) is -0.0186. The third-order valence-corrected chi connectivity index (χ3v) is 3.13. The third kappa shape index (κ3) is 4.11. The molecule has 0 amide bonds.